The van der Waals surface area contributed by atoms with Gasteiger partial charge in [0.1, 0.15) is 0 Å². The molecule has 0 aliphatic heterocycles. The van der Waals surface area contributed by atoms with Gasteiger partial charge in [0.25, 0.3) is 5.91 Å². The highest BCUT2D eigenvalue weighted by Crippen LogP contribution is 2.18. The molecule has 5 heteroatoms. The van der Waals surface area contributed by atoms with Crippen molar-refractivity contribution in [2.45, 2.75) is 6.42 Å². The van der Waals surface area contributed by atoms with Gasteiger partial charge in [0.15, 0.2) is 0 Å². The van der Waals surface area contributed by atoms with E-state index in [-0.39, 0.29) is 18.3 Å². The number of hydrogen-bond donors (Lipinski definition) is 1. The highest BCUT2D eigenvalue weighted by molar-refractivity contribution is 6.06. The lowest BCUT2D eigenvalue weighted by molar-refractivity contribution is -0.140. The molecule has 0 aliphatic carbocycles. The van der Waals surface area contributed by atoms with Crippen LogP contribution in [0.25, 0.3) is 10.9 Å². The van der Waals surface area contributed by atoms with Crippen LogP contribution in [-0.2, 0) is 9.53 Å². The van der Waals surface area contributed by atoms with Crippen LogP contribution in [0.15, 0.2) is 30.5 Å². The van der Waals surface area contributed by atoms with E-state index in [0.29, 0.717) is 12.1 Å². The second-order valence-electron chi connectivity index (χ2n) is 4.30. The summed E-state index contributed by atoms with van der Waals surface area (Å²) >= 11 is 0. The first kappa shape index (κ1) is 13.1. The van der Waals surface area contributed by atoms with Crippen molar-refractivity contribution in [3.05, 3.63) is 36.0 Å². The number of aromatic nitrogens is 1. The van der Waals surface area contributed by atoms with Gasteiger partial charge in [-0.1, -0.05) is 18.2 Å². The van der Waals surface area contributed by atoms with Crippen molar-refractivity contribution in [2.24, 2.45) is 0 Å². The Labute approximate surface area is 111 Å². The number of H-pyrrole nitrogens is 1. The molecule has 1 aromatic carbocycles. The lowest BCUT2D eigenvalue weighted by Crippen LogP contribution is -2.29. The Morgan fingerprint density at radius 3 is 2.79 bits per heavy atom. The van der Waals surface area contributed by atoms with E-state index < -0.39 is 0 Å². The quantitative estimate of drug-likeness (QED) is 0.853. The summed E-state index contributed by atoms with van der Waals surface area (Å²) in [5, 5.41) is 0.886. The lowest BCUT2D eigenvalue weighted by Gasteiger charge is -2.15. The molecule has 0 atom stereocenters. The monoisotopic (exact) mass is 260 g/mol. The van der Waals surface area contributed by atoms with E-state index >= 15 is 0 Å². The lowest BCUT2D eigenvalue weighted by atomic mass is 10.1. The van der Waals surface area contributed by atoms with E-state index in [1.54, 1.807) is 13.2 Å². The van der Waals surface area contributed by atoms with Gasteiger partial charge < -0.3 is 14.6 Å². The van der Waals surface area contributed by atoms with Gasteiger partial charge in [-0.05, 0) is 6.07 Å². The van der Waals surface area contributed by atoms with Crippen LogP contribution in [0.4, 0.5) is 0 Å². The second kappa shape index (κ2) is 5.56. The molecule has 0 saturated heterocycles. The van der Waals surface area contributed by atoms with Gasteiger partial charge in [-0.2, -0.15) is 0 Å². The molecular weight excluding hydrogens is 244 g/mol. The number of fused-ring (bicyclic) bond motifs is 1. The summed E-state index contributed by atoms with van der Waals surface area (Å²) in [7, 11) is 3.01. The Morgan fingerprint density at radius 2 is 2.05 bits per heavy atom. The molecule has 0 radical (unpaired) electrons. The average molecular weight is 260 g/mol. The zero-order valence-corrected chi connectivity index (χ0v) is 11.0. The number of carbonyl (C=O) groups excluding carboxylic acids is 2. The third-order valence-corrected chi connectivity index (χ3v) is 3.05. The molecule has 1 N–H and O–H groups in total. The number of amides is 1. The summed E-state index contributed by atoms with van der Waals surface area (Å²) in [6, 6.07) is 7.61. The van der Waals surface area contributed by atoms with Crippen molar-refractivity contribution in [3.8, 4) is 0 Å². The van der Waals surface area contributed by atoms with E-state index in [1.165, 1.54) is 12.0 Å². The van der Waals surface area contributed by atoms with Gasteiger partial charge in [-0.25, -0.2) is 0 Å². The summed E-state index contributed by atoms with van der Waals surface area (Å²) < 4.78 is 4.56. The number of aromatic amines is 1. The largest absolute Gasteiger partial charge is 0.469 e. The summed E-state index contributed by atoms with van der Waals surface area (Å²) in [5.41, 5.74) is 1.54. The standard InChI is InChI=1S/C14H16N2O3/c1-16(8-7-13(17)19-2)14(18)11-9-15-12-6-4-3-5-10(11)12/h3-6,9,15H,7-8H2,1-2H3. The number of benzene rings is 1. The molecule has 1 heterocycles. The number of ether oxygens (including phenoxy) is 1. The highest BCUT2D eigenvalue weighted by atomic mass is 16.5. The first-order chi connectivity index (χ1) is 9.13. The molecule has 0 saturated carbocycles. The van der Waals surface area contributed by atoms with E-state index in [4.69, 9.17) is 0 Å². The van der Waals surface area contributed by atoms with Gasteiger partial charge in [0.05, 0.1) is 19.1 Å². The Morgan fingerprint density at radius 1 is 1.32 bits per heavy atom. The zero-order chi connectivity index (χ0) is 13.8. The zero-order valence-electron chi connectivity index (χ0n) is 11.0. The number of nitrogens with one attached hydrogen (secondary N) is 1. The maximum atomic E-state index is 12.3. The van der Waals surface area contributed by atoms with Gasteiger partial charge in [0, 0.05) is 30.7 Å². The minimum atomic E-state index is -0.321. The predicted octanol–water partition coefficient (Wildman–Crippen LogP) is 1.80. The van der Waals surface area contributed by atoms with Crippen molar-refractivity contribution in [2.75, 3.05) is 20.7 Å². The normalized spacial score (nSPS) is 10.4. The summed E-state index contributed by atoms with van der Waals surface area (Å²) in [6.45, 7) is 0.338. The fourth-order valence-electron chi connectivity index (χ4n) is 1.92. The number of para-hydroxylation sites is 1. The number of methoxy groups -OCH3 is 1. The first-order valence-electron chi connectivity index (χ1n) is 6.02. The van der Waals surface area contributed by atoms with Gasteiger partial charge in [0.2, 0.25) is 0 Å². The summed E-state index contributed by atoms with van der Waals surface area (Å²) in [5.74, 6) is -0.431. The molecule has 1 amide bonds. The van der Waals surface area contributed by atoms with Gasteiger partial charge in [-0.3, -0.25) is 9.59 Å². The van der Waals surface area contributed by atoms with Crippen molar-refractivity contribution < 1.29 is 14.3 Å². The number of esters is 1. The van der Waals surface area contributed by atoms with Crippen LogP contribution >= 0.6 is 0 Å². The minimum absolute atomic E-state index is 0.110. The number of rotatable bonds is 4. The molecule has 2 aromatic rings. The topological polar surface area (TPSA) is 62.4 Å². The van der Waals surface area contributed by atoms with E-state index in [2.05, 4.69) is 9.72 Å². The smallest absolute Gasteiger partial charge is 0.307 e. The number of carbonyl (C=O) groups is 2. The van der Waals surface area contributed by atoms with Gasteiger partial charge >= 0.3 is 5.97 Å². The minimum Gasteiger partial charge on any atom is -0.469 e. The molecule has 19 heavy (non-hydrogen) atoms. The molecule has 2 rings (SSSR count). The van der Waals surface area contributed by atoms with Crippen molar-refractivity contribution in [1.29, 1.82) is 0 Å². The Balaban J connectivity index is 2.13. The maximum absolute atomic E-state index is 12.3. The maximum Gasteiger partial charge on any atom is 0.307 e. The van der Waals surface area contributed by atoms with E-state index in [1.807, 2.05) is 24.3 Å². The SMILES string of the molecule is COC(=O)CCN(C)C(=O)c1c[nH]c2ccccc12. The van der Waals surface area contributed by atoms with Crippen molar-refractivity contribution in [1.82, 2.24) is 9.88 Å². The van der Waals surface area contributed by atoms with Crippen molar-refractivity contribution in [3.63, 3.8) is 0 Å². The Bertz CT molecular complexity index is 604. The van der Waals surface area contributed by atoms with Crippen LogP contribution in [0.3, 0.4) is 0 Å². The van der Waals surface area contributed by atoms with Crippen LogP contribution in [0.5, 0.6) is 0 Å². The van der Waals surface area contributed by atoms with Crippen LogP contribution in [-0.4, -0.2) is 42.5 Å². The number of hydrogen-bond acceptors (Lipinski definition) is 3. The Kier molecular flexibility index (Phi) is 3.85. The molecule has 0 fully saturated rings. The van der Waals surface area contributed by atoms with E-state index in [9.17, 15) is 9.59 Å². The number of nitrogens with zero attached hydrogens (tertiary/aromatic N) is 1. The molecule has 0 unspecified atom stereocenters. The molecule has 0 aliphatic rings. The molecular formula is C14H16N2O3. The summed E-state index contributed by atoms with van der Waals surface area (Å²) in [4.78, 5) is 27.9. The van der Waals surface area contributed by atoms with Crippen LogP contribution < -0.4 is 0 Å². The van der Waals surface area contributed by atoms with Crippen LogP contribution in [0.2, 0.25) is 0 Å². The van der Waals surface area contributed by atoms with Gasteiger partial charge in [-0.15, -0.1) is 0 Å². The fourth-order valence-corrected chi connectivity index (χ4v) is 1.92. The highest BCUT2D eigenvalue weighted by Gasteiger charge is 2.16. The van der Waals surface area contributed by atoms with Crippen molar-refractivity contribution >= 4 is 22.8 Å². The van der Waals surface area contributed by atoms with Crippen LogP contribution in [0, 0.1) is 0 Å². The second-order valence-corrected chi connectivity index (χ2v) is 4.30. The Hall–Kier alpha value is -2.30. The van der Waals surface area contributed by atoms with E-state index in [0.717, 1.165) is 10.9 Å². The third kappa shape index (κ3) is 2.76. The molecule has 0 spiro atoms. The fraction of sp³-hybridized carbons (Fsp3) is 0.286. The molecule has 1 aromatic heterocycles. The molecule has 0 bridgehead atoms. The first-order valence-corrected chi connectivity index (χ1v) is 6.02. The summed E-state index contributed by atoms with van der Waals surface area (Å²) in [6.07, 6.45) is 1.89. The average Bonchev–Trinajstić information content (AvgIpc) is 2.87. The molecule has 5 nitrogen and oxygen atoms in total. The predicted molar refractivity (Wildman–Crippen MR) is 71.9 cm³/mol. The third-order valence-electron chi connectivity index (χ3n) is 3.05. The molecule has 100 valence electrons. The van der Waals surface area contributed by atoms with Crippen LogP contribution in [0.1, 0.15) is 16.8 Å².